The monoisotopic (exact) mass is 477 g/mol. The first kappa shape index (κ1) is 24.1. The van der Waals surface area contributed by atoms with Crippen molar-refractivity contribution in [3.8, 4) is 22.3 Å². The van der Waals surface area contributed by atoms with E-state index in [1.165, 1.54) is 33.0 Å². The Morgan fingerprint density at radius 3 is 1.38 bits per heavy atom. The molecule has 0 aliphatic rings. The lowest BCUT2D eigenvalue weighted by Crippen LogP contribution is -2.09. The summed E-state index contributed by atoms with van der Waals surface area (Å²) in [7, 11) is 0. The highest BCUT2D eigenvalue weighted by Gasteiger charge is 2.12. The maximum Gasteiger partial charge on any atom is 0.0462 e. The van der Waals surface area contributed by atoms with Crippen molar-refractivity contribution in [3.63, 3.8) is 0 Å². The summed E-state index contributed by atoms with van der Waals surface area (Å²) in [5.74, 6) is 0. The van der Waals surface area contributed by atoms with Crippen LogP contribution in [0.15, 0.2) is 152 Å². The molecule has 0 spiro atoms. The zero-order valence-corrected chi connectivity index (χ0v) is 21.4. The van der Waals surface area contributed by atoms with Crippen LogP contribution in [0.5, 0.6) is 0 Å². The molecule has 6 aromatic carbocycles. The standard InChI is InChI=1S/C34H25N.C2H6/c1-3-12-30(13-4-1)35(31-14-5-2-6-15-31)32-24-22-27(23-25-32)26-18-20-29(21-19-26)34-17-9-11-28-10-7-8-16-33(28)34;1-2/h1-25H;1-2H3. The summed E-state index contributed by atoms with van der Waals surface area (Å²) < 4.78 is 0. The second kappa shape index (κ2) is 11.4. The molecule has 0 radical (unpaired) electrons. The molecule has 6 rings (SSSR count). The Bertz CT molecular complexity index is 1510. The van der Waals surface area contributed by atoms with Crippen LogP contribution in [0.4, 0.5) is 17.1 Å². The summed E-state index contributed by atoms with van der Waals surface area (Å²) >= 11 is 0. The number of hydrogen-bond acceptors (Lipinski definition) is 1. The van der Waals surface area contributed by atoms with Crippen molar-refractivity contribution < 1.29 is 0 Å². The summed E-state index contributed by atoms with van der Waals surface area (Å²) in [6, 6.07) is 53.8. The molecule has 0 N–H and O–H groups in total. The SMILES string of the molecule is CC.c1ccc(N(c2ccccc2)c2ccc(-c3ccc(-c4cccc5ccccc45)cc3)cc2)cc1. The highest BCUT2D eigenvalue weighted by Crippen LogP contribution is 2.36. The molecule has 0 saturated heterocycles. The van der Waals surface area contributed by atoms with E-state index in [0.29, 0.717) is 0 Å². The van der Waals surface area contributed by atoms with Crippen LogP contribution < -0.4 is 4.90 Å². The maximum atomic E-state index is 2.29. The number of rotatable bonds is 5. The largest absolute Gasteiger partial charge is 0.311 e. The topological polar surface area (TPSA) is 3.24 Å². The average molecular weight is 478 g/mol. The third kappa shape index (κ3) is 5.17. The van der Waals surface area contributed by atoms with Crippen LogP contribution in [-0.4, -0.2) is 0 Å². The van der Waals surface area contributed by atoms with Gasteiger partial charge in [0.15, 0.2) is 0 Å². The van der Waals surface area contributed by atoms with E-state index in [9.17, 15) is 0 Å². The minimum Gasteiger partial charge on any atom is -0.311 e. The van der Waals surface area contributed by atoms with Gasteiger partial charge in [0.1, 0.15) is 0 Å². The predicted octanol–water partition coefficient (Wildman–Crippen LogP) is 10.7. The number of hydrogen-bond donors (Lipinski definition) is 0. The molecule has 1 heteroatoms. The molecular weight excluding hydrogens is 446 g/mol. The first-order valence-corrected chi connectivity index (χ1v) is 13.0. The highest BCUT2D eigenvalue weighted by atomic mass is 15.1. The quantitative estimate of drug-likeness (QED) is 0.239. The Morgan fingerprint density at radius 2 is 0.784 bits per heavy atom. The van der Waals surface area contributed by atoms with Gasteiger partial charge < -0.3 is 4.90 Å². The summed E-state index contributed by atoms with van der Waals surface area (Å²) in [5, 5.41) is 2.56. The Morgan fingerprint density at radius 1 is 0.351 bits per heavy atom. The maximum absolute atomic E-state index is 2.29. The molecular formula is C36H31N. The lowest BCUT2D eigenvalue weighted by molar-refractivity contribution is 1.28. The molecule has 0 saturated carbocycles. The normalized spacial score (nSPS) is 10.4. The molecule has 0 bridgehead atoms. The van der Waals surface area contributed by atoms with Gasteiger partial charge in [-0.2, -0.15) is 0 Å². The highest BCUT2D eigenvalue weighted by molar-refractivity contribution is 5.96. The van der Waals surface area contributed by atoms with Crippen LogP contribution in [0, 0.1) is 0 Å². The van der Waals surface area contributed by atoms with E-state index in [2.05, 4.69) is 157 Å². The fourth-order valence-electron chi connectivity index (χ4n) is 4.72. The molecule has 0 unspecified atom stereocenters. The van der Waals surface area contributed by atoms with Gasteiger partial charge in [-0.3, -0.25) is 0 Å². The van der Waals surface area contributed by atoms with Crippen molar-refractivity contribution in [1.82, 2.24) is 0 Å². The fraction of sp³-hybridized carbons (Fsp3) is 0.0556. The van der Waals surface area contributed by atoms with Crippen LogP contribution in [0.3, 0.4) is 0 Å². The number of anilines is 3. The minimum atomic E-state index is 1.14. The van der Waals surface area contributed by atoms with Gasteiger partial charge in [-0.25, -0.2) is 0 Å². The van der Waals surface area contributed by atoms with Crippen molar-refractivity contribution >= 4 is 27.8 Å². The average Bonchev–Trinajstić information content (AvgIpc) is 3.00. The molecule has 0 atom stereocenters. The van der Waals surface area contributed by atoms with E-state index in [4.69, 9.17) is 0 Å². The lowest BCUT2D eigenvalue weighted by atomic mass is 9.96. The molecule has 0 amide bonds. The van der Waals surface area contributed by atoms with Gasteiger partial charge in [0.05, 0.1) is 0 Å². The van der Waals surface area contributed by atoms with Crippen molar-refractivity contribution in [1.29, 1.82) is 0 Å². The summed E-state index contributed by atoms with van der Waals surface area (Å²) in [5.41, 5.74) is 8.36. The van der Waals surface area contributed by atoms with Crippen molar-refractivity contribution in [2.24, 2.45) is 0 Å². The third-order valence-corrected chi connectivity index (χ3v) is 6.47. The minimum absolute atomic E-state index is 1.14. The molecule has 1 nitrogen and oxygen atoms in total. The Balaban J connectivity index is 0.00000137. The van der Waals surface area contributed by atoms with Crippen molar-refractivity contribution in [2.75, 3.05) is 4.90 Å². The fourth-order valence-corrected chi connectivity index (χ4v) is 4.72. The van der Waals surface area contributed by atoms with E-state index in [1.807, 2.05) is 13.8 Å². The van der Waals surface area contributed by atoms with Crippen molar-refractivity contribution in [2.45, 2.75) is 13.8 Å². The van der Waals surface area contributed by atoms with E-state index in [0.717, 1.165) is 17.1 Å². The van der Waals surface area contributed by atoms with E-state index < -0.39 is 0 Å². The Kier molecular flexibility index (Phi) is 7.43. The van der Waals surface area contributed by atoms with E-state index in [1.54, 1.807) is 0 Å². The smallest absolute Gasteiger partial charge is 0.0462 e. The van der Waals surface area contributed by atoms with Gasteiger partial charge in [0, 0.05) is 17.1 Å². The third-order valence-electron chi connectivity index (χ3n) is 6.47. The van der Waals surface area contributed by atoms with Gasteiger partial charge >= 0.3 is 0 Å². The molecule has 0 aliphatic carbocycles. The molecule has 0 fully saturated rings. The van der Waals surface area contributed by atoms with E-state index in [-0.39, 0.29) is 0 Å². The Hall–Kier alpha value is -4.62. The van der Waals surface area contributed by atoms with Crippen LogP contribution in [0.1, 0.15) is 13.8 Å². The molecule has 37 heavy (non-hydrogen) atoms. The van der Waals surface area contributed by atoms with Gasteiger partial charge in [0.25, 0.3) is 0 Å². The van der Waals surface area contributed by atoms with Crippen LogP contribution >= 0.6 is 0 Å². The van der Waals surface area contributed by atoms with Gasteiger partial charge in [-0.15, -0.1) is 0 Å². The zero-order valence-electron chi connectivity index (χ0n) is 21.4. The van der Waals surface area contributed by atoms with Crippen molar-refractivity contribution in [3.05, 3.63) is 152 Å². The van der Waals surface area contributed by atoms with Crippen LogP contribution in [0.25, 0.3) is 33.0 Å². The van der Waals surface area contributed by atoms with Gasteiger partial charge in [0.2, 0.25) is 0 Å². The predicted molar refractivity (Wildman–Crippen MR) is 161 cm³/mol. The summed E-state index contributed by atoms with van der Waals surface area (Å²) in [4.78, 5) is 2.29. The molecule has 180 valence electrons. The first-order valence-electron chi connectivity index (χ1n) is 13.0. The Labute approximate surface area is 220 Å². The van der Waals surface area contributed by atoms with Crippen LogP contribution in [-0.2, 0) is 0 Å². The summed E-state index contributed by atoms with van der Waals surface area (Å²) in [6.45, 7) is 4.00. The van der Waals surface area contributed by atoms with Gasteiger partial charge in [-0.1, -0.05) is 129 Å². The molecule has 0 aliphatic heterocycles. The number of para-hydroxylation sites is 2. The second-order valence-corrected chi connectivity index (χ2v) is 8.66. The van der Waals surface area contributed by atoms with Gasteiger partial charge in [-0.05, 0) is 69.4 Å². The number of nitrogens with zero attached hydrogens (tertiary/aromatic N) is 1. The van der Waals surface area contributed by atoms with Crippen LogP contribution in [0.2, 0.25) is 0 Å². The number of benzene rings is 6. The summed E-state index contributed by atoms with van der Waals surface area (Å²) in [6.07, 6.45) is 0. The zero-order chi connectivity index (χ0) is 25.5. The lowest BCUT2D eigenvalue weighted by Gasteiger charge is -2.25. The molecule has 0 heterocycles. The molecule has 6 aromatic rings. The van der Waals surface area contributed by atoms with E-state index >= 15 is 0 Å². The first-order chi connectivity index (χ1) is 18.4. The second-order valence-electron chi connectivity index (χ2n) is 8.66. The molecule has 0 aromatic heterocycles. The number of fused-ring (bicyclic) bond motifs is 1.